The quantitative estimate of drug-likeness (QED) is 0.0353. The van der Waals surface area contributed by atoms with Crippen molar-refractivity contribution in [3.8, 4) is 0 Å². The van der Waals surface area contributed by atoms with Gasteiger partial charge in [0.2, 0.25) is 0 Å². The van der Waals surface area contributed by atoms with Crippen molar-refractivity contribution in [3.05, 3.63) is 0 Å². The Morgan fingerprint density at radius 3 is 0.796 bits per heavy atom. The van der Waals surface area contributed by atoms with E-state index in [0.717, 1.165) is 13.2 Å². The maximum atomic E-state index is 5.99. The maximum absolute atomic E-state index is 5.99. The summed E-state index contributed by atoms with van der Waals surface area (Å²) in [4.78, 5) is 0. The highest BCUT2D eigenvalue weighted by molar-refractivity contribution is 6.44. The molecule has 0 amide bonds. The fourth-order valence-corrected chi connectivity index (χ4v) is 9.33. The smallest absolute Gasteiger partial charge is 0.321 e. The molecule has 49 heavy (non-hydrogen) atoms. The van der Waals surface area contributed by atoms with Gasteiger partial charge in [-0.3, -0.25) is 0 Å². The lowest BCUT2D eigenvalue weighted by Gasteiger charge is -2.35. The molecule has 298 valence electrons. The van der Waals surface area contributed by atoms with Gasteiger partial charge in [-0.25, -0.2) is 0 Å². The first-order valence-electron chi connectivity index (χ1n) is 22.7. The summed E-state index contributed by atoms with van der Waals surface area (Å²) in [6.07, 6.45) is 47.7. The zero-order valence-corrected chi connectivity index (χ0v) is 36.7. The van der Waals surface area contributed by atoms with Gasteiger partial charge in [0.25, 0.3) is 0 Å². The van der Waals surface area contributed by atoms with Crippen molar-refractivity contribution >= 4 is 9.28 Å². The molecule has 0 fully saturated rings. The molecule has 0 saturated carbocycles. The monoisotopic (exact) mass is 732 g/mol. The minimum Gasteiger partial charge on any atom is -1.00 e. The van der Waals surface area contributed by atoms with Crippen LogP contribution < -0.4 is 12.4 Å². The van der Waals surface area contributed by atoms with Gasteiger partial charge in [-0.05, 0) is 52.0 Å². The van der Waals surface area contributed by atoms with Crippen molar-refractivity contribution < 1.29 is 25.7 Å². The average molecular weight is 733 g/mol. The molecule has 5 heteroatoms. The number of unbranched alkanes of at least 4 members (excludes halogenated alkanes) is 30. The predicted molar refractivity (Wildman–Crippen MR) is 220 cm³/mol. The summed E-state index contributed by atoms with van der Waals surface area (Å²) in [5.41, 5.74) is 0. The van der Waals surface area contributed by atoms with Crippen LogP contribution in [0.4, 0.5) is 0 Å². The Balaban J connectivity index is 0. The normalized spacial score (nSPS) is 11.9. The second kappa shape index (κ2) is 42.8. The zero-order chi connectivity index (χ0) is 35.1. The van der Waals surface area contributed by atoms with Crippen LogP contribution in [0.1, 0.15) is 240 Å². The fraction of sp³-hybridized carbons (Fsp3) is 1.00. The number of quaternary nitrogens is 1. The highest BCUT2D eigenvalue weighted by atomic mass is 35.5. The van der Waals surface area contributed by atoms with Crippen LogP contribution in [0.2, 0.25) is 6.04 Å². The molecular weight excluding hydrogens is 638 g/mol. The van der Waals surface area contributed by atoms with E-state index in [9.17, 15) is 0 Å². The summed E-state index contributed by atoms with van der Waals surface area (Å²) in [6, 6.07) is 1.17. The Labute approximate surface area is 319 Å². The van der Waals surface area contributed by atoms with Crippen molar-refractivity contribution in [3.63, 3.8) is 0 Å². The third-order valence-electron chi connectivity index (χ3n) is 10.9. The lowest BCUT2D eigenvalue weighted by Crippen LogP contribution is -3.00. The molecule has 0 bridgehead atoms. The van der Waals surface area contributed by atoms with Gasteiger partial charge >= 0.3 is 9.28 Å². The molecule has 0 N–H and O–H groups in total. The summed E-state index contributed by atoms with van der Waals surface area (Å²) in [7, 11) is 1.10. The SMILES string of the molecule is CCCCCCCCCCCCCCCCCC[N+](C)(CCCCCCCCCCCCCCCCCC)CCC[SiH](OCC)OCC.[Cl-]. The molecule has 0 saturated heterocycles. The minimum atomic E-state index is -1.47. The van der Waals surface area contributed by atoms with Crippen LogP contribution in [0.25, 0.3) is 0 Å². The van der Waals surface area contributed by atoms with E-state index in [1.54, 1.807) is 0 Å². The minimum absolute atomic E-state index is 0. The summed E-state index contributed by atoms with van der Waals surface area (Å²) < 4.78 is 13.3. The van der Waals surface area contributed by atoms with Gasteiger partial charge in [0.05, 0.1) is 26.7 Å². The molecule has 0 rings (SSSR count). The van der Waals surface area contributed by atoms with Crippen molar-refractivity contribution in [1.82, 2.24) is 0 Å². The molecular formula is C44H94ClNO2Si. The Bertz CT molecular complexity index is 553. The number of nitrogens with zero attached hydrogens (tertiary/aromatic N) is 1. The molecule has 0 unspecified atom stereocenters. The van der Waals surface area contributed by atoms with Crippen LogP contribution >= 0.6 is 0 Å². The average Bonchev–Trinajstić information content (AvgIpc) is 3.08. The fourth-order valence-electron chi connectivity index (χ4n) is 7.64. The summed E-state index contributed by atoms with van der Waals surface area (Å²) >= 11 is 0. The van der Waals surface area contributed by atoms with E-state index in [1.165, 1.54) is 242 Å². The van der Waals surface area contributed by atoms with E-state index in [1.807, 2.05) is 0 Å². The molecule has 0 atom stereocenters. The number of hydrogen-bond donors (Lipinski definition) is 0. The van der Waals surface area contributed by atoms with Gasteiger partial charge in [-0.1, -0.05) is 194 Å². The van der Waals surface area contributed by atoms with Gasteiger partial charge in [0.1, 0.15) is 0 Å². The molecule has 0 spiro atoms. The standard InChI is InChI=1S/C44H94NO2Si.ClH/c1-6-10-12-14-16-18-20-22-24-26-28-30-32-34-36-38-41-45(5,43-40-44-48(46-8-3)47-9-4)42-39-37-35-33-31-29-27-25-23-21-19-17-15-13-11-7-2;/h48H,6-44H2,1-5H3;1H/q+1;/p-1. The van der Waals surface area contributed by atoms with E-state index in [-0.39, 0.29) is 12.4 Å². The van der Waals surface area contributed by atoms with Crippen LogP contribution in [0.15, 0.2) is 0 Å². The molecule has 0 aliphatic heterocycles. The summed E-state index contributed by atoms with van der Waals surface area (Å²) in [5.74, 6) is 0. The van der Waals surface area contributed by atoms with Crippen LogP contribution in [0.5, 0.6) is 0 Å². The highest BCUT2D eigenvalue weighted by Crippen LogP contribution is 2.18. The second-order valence-electron chi connectivity index (χ2n) is 15.9. The van der Waals surface area contributed by atoms with Gasteiger partial charge in [-0.2, -0.15) is 0 Å². The molecule has 0 aromatic rings. The number of halogens is 1. The Morgan fingerprint density at radius 2 is 0.551 bits per heavy atom. The topological polar surface area (TPSA) is 18.5 Å². The predicted octanol–water partition coefficient (Wildman–Crippen LogP) is 11.6. The molecule has 0 aromatic heterocycles. The van der Waals surface area contributed by atoms with E-state index >= 15 is 0 Å². The van der Waals surface area contributed by atoms with Crippen LogP contribution in [0, 0.1) is 0 Å². The van der Waals surface area contributed by atoms with Crippen LogP contribution in [0.3, 0.4) is 0 Å². The van der Waals surface area contributed by atoms with Crippen LogP contribution in [-0.4, -0.2) is 53.7 Å². The van der Waals surface area contributed by atoms with Crippen molar-refractivity contribution in [2.75, 3.05) is 39.9 Å². The summed E-state index contributed by atoms with van der Waals surface area (Å²) in [5, 5.41) is 0. The highest BCUT2D eigenvalue weighted by Gasteiger charge is 2.22. The van der Waals surface area contributed by atoms with E-state index in [4.69, 9.17) is 8.85 Å². The van der Waals surface area contributed by atoms with Crippen molar-refractivity contribution in [1.29, 1.82) is 0 Å². The van der Waals surface area contributed by atoms with E-state index in [2.05, 4.69) is 34.7 Å². The van der Waals surface area contributed by atoms with Crippen LogP contribution in [-0.2, 0) is 8.85 Å². The molecule has 3 nitrogen and oxygen atoms in total. The Morgan fingerprint density at radius 1 is 0.327 bits per heavy atom. The first kappa shape index (κ1) is 51.5. The third-order valence-corrected chi connectivity index (χ3v) is 13.2. The number of rotatable bonds is 42. The maximum Gasteiger partial charge on any atom is 0.321 e. The van der Waals surface area contributed by atoms with E-state index in [0.29, 0.717) is 0 Å². The zero-order valence-electron chi connectivity index (χ0n) is 34.8. The molecule has 0 aromatic carbocycles. The van der Waals surface area contributed by atoms with Crippen molar-refractivity contribution in [2.24, 2.45) is 0 Å². The third kappa shape index (κ3) is 39.4. The molecule has 0 heterocycles. The second-order valence-corrected chi connectivity index (χ2v) is 18.0. The molecule has 0 aliphatic rings. The Kier molecular flexibility index (Phi) is 45.0. The largest absolute Gasteiger partial charge is 1.00 e. The van der Waals surface area contributed by atoms with Gasteiger partial charge in [-0.15, -0.1) is 0 Å². The summed E-state index contributed by atoms with van der Waals surface area (Å²) in [6.45, 7) is 14.5. The lowest BCUT2D eigenvalue weighted by molar-refractivity contribution is -0.910. The van der Waals surface area contributed by atoms with E-state index < -0.39 is 9.28 Å². The lowest BCUT2D eigenvalue weighted by atomic mass is 10.0. The molecule has 0 aliphatic carbocycles. The van der Waals surface area contributed by atoms with Crippen molar-refractivity contribution in [2.45, 2.75) is 246 Å². The van der Waals surface area contributed by atoms with Gasteiger partial charge in [0.15, 0.2) is 0 Å². The number of hydrogen-bond acceptors (Lipinski definition) is 2. The first-order valence-corrected chi connectivity index (χ1v) is 24.4. The van der Waals surface area contributed by atoms with Gasteiger partial charge in [0, 0.05) is 13.2 Å². The Hall–Kier alpha value is 0.387. The van der Waals surface area contributed by atoms with Gasteiger partial charge < -0.3 is 25.7 Å². The first-order chi connectivity index (χ1) is 23.6. The molecule has 0 radical (unpaired) electrons.